The van der Waals surface area contributed by atoms with Crippen LogP contribution in [-0.4, -0.2) is 37.5 Å². The van der Waals surface area contributed by atoms with Crippen molar-refractivity contribution in [2.75, 3.05) is 19.7 Å². The van der Waals surface area contributed by atoms with Crippen molar-refractivity contribution >= 4 is 29.4 Å². The lowest BCUT2D eigenvalue weighted by Crippen LogP contribution is -2.35. The number of benzene rings is 2. The number of amides is 2. The first-order valence-electron chi connectivity index (χ1n) is 8.50. The molecular formula is C20H21ClN2O4. The molecule has 0 aromatic heterocycles. The Kier molecular flexibility index (Phi) is 8.32. The summed E-state index contributed by atoms with van der Waals surface area (Å²) in [6.45, 7) is -0.233. The summed E-state index contributed by atoms with van der Waals surface area (Å²) in [5, 5.41) is 5.79. The van der Waals surface area contributed by atoms with E-state index in [1.807, 2.05) is 42.5 Å². The summed E-state index contributed by atoms with van der Waals surface area (Å²) in [6.07, 6.45) is 0.825. The van der Waals surface area contributed by atoms with Crippen molar-refractivity contribution in [1.29, 1.82) is 0 Å². The average Bonchev–Trinajstić information content (AvgIpc) is 2.67. The fraction of sp³-hybridized carbons (Fsp3) is 0.250. The molecular weight excluding hydrogens is 368 g/mol. The van der Waals surface area contributed by atoms with Gasteiger partial charge in [0, 0.05) is 11.6 Å². The zero-order valence-electron chi connectivity index (χ0n) is 14.7. The molecule has 27 heavy (non-hydrogen) atoms. The third-order valence-corrected chi connectivity index (χ3v) is 3.90. The van der Waals surface area contributed by atoms with E-state index in [1.54, 1.807) is 12.1 Å². The normalized spacial score (nSPS) is 10.1. The van der Waals surface area contributed by atoms with E-state index >= 15 is 0 Å². The monoisotopic (exact) mass is 388 g/mol. The van der Waals surface area contributed by atoms with Gasteiger partial charge < -0.3 is 15.4 Å². The molecule has 0 aliphatic carbocycles. The number of halogens is 1. The van der Waals surface area contributed by atoms with Gasteiger partial charge in [-0.15, -0.1) is 0 Å². The highest BCUT2D eigenvalue weighted by Gasteiger charge is 2.09. The van der Waals surface area contributed by atoms with Gasteiger partial charge in [0.25, 0.3) is 5.91 Å². The molecule has 0 spiro atoms. The van der Waals surface area contributed by atoms with E-state index in [9.17, 15) is 14.4 Å². The van der Waals surface area contributed by atoms with Crippen molar-refractivity contribution in [3.05, 3.63) is 70.7 Å². The van der Waals surface area contributed by atoms with Gasteiger partial charge in [0.15, 0.2) is 6.61 Å². The van der Waals surface area contributed by atoms with E-state index < -0.39 is 11.9 Å². The topological polar surface area (TPSA) is 84.5 Å². The van der Waals surface area contributed by atoms with Gasteiger partial charge in [-0.05, 0) is 29.7 Å². The van der Waals surface area contributed by atoms with Crippen LogP contribution in [0.1, 0.15) is 11.1 Å². The zero-order chi connectivity index (χ0) is 19.5. The van der Waals surface area contributed by atoms with Gasteiger partial charge in [-0.3, -0.25) is 14.4 Å². The maximum atomic E-state index is 11.7. The number of carbonyl (C=O) groups excluding carboxylic acids is 3. The molecule has 0 heterocycles. The first-order chi connectivity index (χ1) is 13.0. The first-order valence-corrected chi connectivity index (χ1v) is 8.88. The fourth-order valence-electron chi connectivity index (χ4n) is 2.26. The highest BCUT2D eigenvalue weighted by molar-refractivity contribution is 6.30. The highest BCUT2D eigenvalue weighted by Crippen LogP contribution is 2.09. The lowest BCUT2D eigenvalue weighted by molar-refractivity contribution is -0.148. The van der Waals surface area contributed by atoms with Crippen molar-refractivity contribution in [2.24, 2.45) is 0 Å². The second-order valence-corrected chi connectivity index (χ2v) is 6.26. The number of ether oxygens (including phenoxy) is 1. The summed E-state index contributed by atoms with van der Waals surface area (Å²) < 4.78 is 4.84. The van der Waals surface area contributed by atoms with E-state index in [4.69, 9.17) is 16.3 Å². The number of hydrogen-bond donors (Lipinski definition) is 2. The van der Waals surface area contributed by atoms with Crippen LogP contribution in [0.15, 0.2) is 54.6 Å². The highest BCUT2D eigenvalue weighted by atomic mass is 35.5. The molecule has 0 aliphatic heterocycles. The molecule has 0 bridgehead atoms. The molecule has 7 heteroatoms. The predicted octanol–water partition coefficient (Wildman–Crippen LogP) is 1.90. The van der Waals surface area contributed by atoms with Crippen LogP contribution in [0.2, 0.25) is 5.02 Å². The third-order valence-electron chi connectivity index (χ3n) is 3.65. The molecule has 2 amide bonds. The Morgan fingerprint density at radius 1 is 0.852 bits per heavy atom. The number of rotatable bonds is 9. The van der Waals surface area contributed by atoms with E-state index in [0.717, 1.165) is 11.1 Å². The van der Waals surface area contributed by atoms with Crippen LogP contribution in [0.4, 0.5) is 0 Å². The Hall–Kier alpha value is -2.86. The third kappa shape index (κ3) is 8.37. The number of esters is 1. The maximum Gasteiger partial charge on any atom is 0.325 e. The van der Waals surface area contributed by atoms with E-state index in [1.165, 1.54) is 0 Å². The van der Waals surface area contributed by atoms with Crippen molar-refractivity contribution < 1.29 is 19.1 Å². The van der Waals surface area contributed by atoms with Crippen molar-refractivity contribution in [1.82, 2.24) is 10.6 Å². The molecule has 2 aromatic carbocycles. The lowest BCUT2D eigenvalue weighted by atomic mass is 10.1. The number of carbonyl (C=O) groups is 3. The molecule has 2 rings (SSSR count). The Bertz CT molecular complexity index is 763. The summed E-state index contributed by atoms with van der Waals surface area (Å²) in [5.41, 5.74) is 1.89. The van der Waals surface area contributed by atoms with Crippen LogP contribution in [0.25, 0.3) is 0 Å². The molecule has 6 nitrogen and oxygen atoms in total. The second kappa shape index (κ2) is 11.0. The van der Waals surface area contributed by atoms with Crippen LogP contribution >= 0.6 is 11.6 Å². The minimum Gasteiger partial charge on any atom is -0.454 e. The molecule has 2 N–H and O–H groups in total. The Morgan fingerprint density at radius 2 is 1.56 bits per heavy atom. The van der Waals surface area contributed by atoms with Crippen LogP contribution in [0.5, 0.6) is 0 Å². The summed E-state index contributed by atoms with van der Waals surface area (Å²) in [4.78, 5) is 35.0. The van der Waals surface area contributed by atoms with Crippen molar-refractivity contribution in [2.45, 2.75) is 12.8 Å². The zero-order valence-corrected chi connectivity index (χ0v) is 15.5. The van der Waals surface area contributed by atoms with Gasteiger partial charge in [-0.1, -0.05) is 54.1 Å². The summed E-state index contributed by atoms with van der Waals surface area (Å²) in [6, 6.07) is 16.5. The minimum absolute atomic E-state index is 0.180. The standard InChI is InChI=1S/C20H21ClN2O4/c21-17-8-6-15(7-9-17)10-11-22-19(25)14-27-20(26)13-23-18(24)12-16-4-2-1-3-5-16/h1-9H,10-14H2,(H,22,25)(H,23,24). The molecule has 0 saturated carbocycles. The quantitative estimate of drug-likeness (QED) is 0.642. The van der Waals surface area contributed by atoms with Crippen LogP contribution in [-0.2, 0) is 32.0 Å². The Labute approximate surface area is 162 Å². The first kappa shape index (κ1) is 20.5. The van der Waals surface area contributed by atoms with Crippen LogP contribution < -0.4 is 10.6 Å². The molecule has 2 aromatic rings. The fourth-order valence-corrected chi connectivity index (χ4v) is 2.39. The van der Waals surface area contributed by atoms with Gasteiger partial charge >= 0.3 is 5.97 Å². The largest absolute Gasteiger partial charge is 0.454 e. The van der Waals surface area contributed by atoms with E-state index in [-0.39, 0.29) is 25.5 Å². The molecule has 0 unspecified atom stereocenters. The van der Waals surface area contributed by atoms with Gasteiger partial charge in [-0.2, -0.15) is 0 Å². The molecule has 0 atom stereocenters. The van der Waals surface area contributed by atoms with E-state index in [2.05, 4.69) is 10.6 Å². The van der Waals surface area contributed by atoms with Gasteiger partial charge in [0.05, 0.1) is 6.42 Å². The second-order valence-electron chi connectivity index (χ2n) is 5.83. The van der Waals surface area contributed by atoms with Crippen molar-refractivity contribution in [3.63, 3.8) is 0 Å². The molecule has 142 valence electrons. The molecule has 0 fully saturated rings. The minimum atomic E-state index is -0.663. The lowest BCUT2D eigenvalue weighted by Gasteiger charge is -2.08. The predicted molar refractivity (Wildman–Crippen MR) is 102 cm³/mol. The SMILES string of the molecule is O=C(COC(=O)CNC(=O)Cc1ccccc1)NCCc1ccc(Cl)cc1. The summed E-state index contributed by atoms with van der Waals surface area (Å²) >= 11 is 5.81. The molecule has 0 saturated heterocycles. The van der Waals surface area contributed by atoms with Gasteiger partial charge in [-0.25, -0.2) is 0 Å². The smallest absolute Gasteiger partial charge is 0.325 e. The summed E-state index contributed by atoms with van der Waals surface area (Å²) in [7, 11) is 0. The van der Waals surface area contributed by atoms with Crippen molar-refractivity contribution in [3.8, 4) is 0 Å². The number of nitrogens with one attached hydrogen (secondary N) is 2. The number of hydrogen-bond acceptors (Lipinski definition) is 4. The van der Waals surface area contributed by atoms with E-state index in [0.29, 0.717) is 18.0 Å². The molecule has 0 radical (unpaired) electrons. The average molecular weight is 389 g/mol. The van der Waals surface area contributed by atoms with Crippen LogP contribution in [0.3, 0.4) is 0 Å². The van der Waals surface area contributed by atoms with Gasteiger partial charge in [0.2, 0.25) is 5.91 Å². The Morgan fingerprint density at radius 3 is 2.26 bits per heavy atom. The summed E-state index contributed by atoms with van der Waals surface area (Å²) in [5.74, 6) is -1.34. The van der Waals surface area contributed by atoms with Crippen LogP contribution in [0, 0.1) is 0 Å². The Balaban J connectivity index is 1.57. The molecule has 0 aliphatic rings. The maximum absolute atomic E-state index is 11.7. The van der Waals surface area contributed by atoms with Gasteiger partial charge in [0.1, 0.15) is 6.54 Å².